The van der Waals surface area contributed by atoms with Gasteiger partial charge in [-0.3, -0.25) is 4.79 Å². The van der Waals surface area contributed by atoms with Crippen LogP contribution in [0.1, 0.15) is 32.1 Å². The van der Waals surface area contributed by atoms with Gasteiger partial charge < -0.3 is 15.4 Å². The van der Waals surface area contributed by atoms with E-state index in [4.69, 9.17) is 22.7 Å². The van der Waals surface area contributed by atoms with Gasteiger partial charge in [-0.2, -0.15) is 0 Å². The molecule has 3 aliphatic rings. The molecule has 0 aromatic carbocycles. The molecule has 2 N–H and O–H groups in total. The molecular formula is C12H18N2O2S. The van der Waals surface area contributed by atoms with Crippen LogP contribution in [0.2, 0.25) is 0 Å². The Hall–Kier alpha value is -0.680. The fourth-order valence-electron chi connectivity index (χ4n) is 3.14. The molecule has 0 radical (unpaired) electrons. The normalized spacial score (nSPS) is 34.2. The van der Waals surface area contributed by atoms with Crippen molar-refractivity contribution in [1.29, 1.82) is 0 Å². The van der Waals surface area contributed by atoms with Gasteiger partial charge in [-0.25, -0.2) is 0 Å². The Kier molecular flexibility index (Phi) is 2.63. The number of ether oxygens (including phenoxy) is 1. The van der Waals surface area contributed by atoms with Crippen molar-refractivity contribution in [2.45, 2.75) is 44.2 Å². The van der Waals surface area contributed by atoms with E-state index in [0.717, 1.165) is 32.1 Å². The average Bonchev–Trinajstić information content (AvgIpc) is 3.00. The van der Waals surface area contributed by atoms with Crippen LogP contribution in [0.5, 0.6) is 0 Å². The number of amides is 1. The molecule has 2 atom stereocenters. The third-order valence-corrected chi connectivity index (χ3v) is 4.76. The van der Waals surface area contributed by atoms with Crippen LogP contribution in [0.4, 0.5) is 0 Å². The van der Waals surface area contributed by atoms with Crippen molar-refractivity contribution in [3.8, 4) is 0 Å². The summed E-state index contributed by atoms with van der Waals surface area (Å²) in [5, 5.41) is 0. The molecule has 2 saturated carbocycles. The molecule has 5 heteroatoms. The van der Waals surface area contributed by atoms with Crippen LogP contribution in [0.25, 0.3) is 0 Å². The first-order chi connectivity index (χ1) is 8.15. The molecule has 0 aromatic rings. The number of rotatable bonds is 2. The standard InChI is InChI=1S/C12H18N2O2S/c13-10(17)12(4-5-12)11(15)14-6-7-16-9-3-1-2-8(9)14/h8-9H,1-7H2,(H2,13,17). The fourth-order valence-corrected chi connectivity index (χ4v) is 3.43. The minimum atomic E-state index is -0.500. The largest absolute Gasteiger partial charge is 0.392 e. The van der Waals surface area contributed by atoms with Crippen LogP contribution in [-0.2, 0) is 9.53 Å². The van der Waals surface area contributed by atoms with Gasteiger partial charge in [0.25, 0.3) is 0 Å². The SMILES string of the molecule is NC(=S)C1(C(=O)N2CCOC3CCCC32)CC1. The van der Waals surface area contributed by atoms with Crippen LogP contribution in [0.3, 0.4) is 0 Å². The number of nitrogens with two attached hydrogens (primary N) is 1. The van der Waals surface area contributed by atoms with Crippen molar-refractivity contribution in [2.75, 3.05) is 13.2 Å². The third-order valence-electron chi connectivity index (χ3n) is 4.37. The first-order valence-electron chi connectivity index (χ1n) is 6.38. The van der Waals surface area contributed by atoms with Gasteiger partial charge in [0.2, 0.25) is 5.91 Å². The summed E-state index contributed by atoms with van der Waals surface area (Å²) in [5.41, 5.74) is 5.23. The van der Waals surface area contributed by atoms with Gasteiger partial charge in [-0.1, -0.05) is 12.2 Å². The summed E-state index contributed by atoms with van der Waals surface area (Å²) in [6, 6.07) is 0.267. The van der Waals surface area contributed by atoms with E-state index in [-0.39, 0.29) is 18.1 Å². The first kappa shape index (κ1) is 11.4. The number of carbonyl (C=O) groups excluding carboxylic acids is 1. The molecule has 94 valence electrons. The minimum absolute atomic E-state index is 0.158. The van der Waals surface area contributed by atoms with Gasteiger partial charge in [0.15, 0.2) is 0 Å². The van der Waals surface area contributed by atoms with Crippen molar-refractivity contribution in [2.24, 2.45) is 11.1 Å². The number of nitrogens with zero attached hydrogens (tertiary/aromatic N) is 1. The predicted molar refractivity (Wildman–Crippen MR) is 67.5 cm³/mol. The molecule has 2 unspecified atom stereocenters. The molecule has 1 aliphatic heterocycles. The van der Waals surface area contributed by atoms with Crippen LogP contribution in [-0.4, -0.2) is 41.1 Å². The maximum absolute atomic E-state index is 12.6. The summed E-state index contributed by atoms with van der Waals surface area (Å²) in [5.74, 6) is 0.158. The summed E-state index contributed by atoms with van der Waals surface area (Å²) < 4.78 is 5.72. The number of thiocarbonyl (C=S) groups is 1. The zero-order valence-electron chi connectivity index (χ0n) is 9.85. The minimum Gasteiger partial charge on any atom is -0.392 e. The fraction of sp³-hybridized carbons (Fsp3) is 0.833. The van der Waals surface area contributed by atoms with Gasteiger partial charge in [0.1, 0.15) is 0 Å². The van der Waals surface area contributed by atoms with Gasteiger partial charge in [0, 0.05) is 6.54 Å². The van der Waals surface area contributed by atoms with Crippen LogP contribution in [0, 0.1) is 5.41 Å². The second-order valence-corrected chi connectivity index (χ2v) is 5.79. The Labute approximate surface area is 106 Å². The number of hydrogen-bond acceptors (Lipinski definition) is 3. The van der Waals surface area contributed by atoms with E-state index >= 15 is 0 Å². The lowest BCUT2D eigenvalue weighted by atomic mass is 10.0. The Balaban J connectivity index is 1.79. The van der Waals surface area contributed by atoms with Gasteiger partial charge in [-0.05, 0) is 32.1 Å². The topological polar surface area (TPSA) is 55.6 Å². The second-order valence-electron chi connectivity index (χ2n) is 5.35. The highest BCUT2D eigenvalue weighted by Gasteiger charge is 2.56. The maximum atomic E-state index is 12.6. The summed E-state index contributed by atoms with van der Waals surface area (Å²) in [6.45, 7) is 1.35. The molecular weight excluding hydrogens is 236 g/mol. The van der Waals surface area contributed by atoms with Gasteiger partial charge >= 0.3 is 0 Å². The van der Waals surface area contributed by atoms with E-state index in [1.54, 1.807) is 0 Å². The molecule has 4 nitrogen and oxygen atoms in total. The Morgan fingerprint density at radius 3 is 2.82 bits per heavy atom. The van der Waals surface area contributed by atoms with E-state index in [2.05, 4.69) is 0 Å². The first-order valence-corrected chi connectivity index (χ1v) is 6.78. The molecule has 17 heavy (non-hydrogen) atoms. The van der Waals surface area contributed by atoms with Crippen LogP contribution in [0.15, 0.2) is 0 Å². The summed E-state index contributed by atoms with van der Waals surface area (Å²) >= 11 is 5.06. The molecule has 1 amide bonds. The zero-order chi connectivity index (χ0) is 12.0. The molecule has 1 heterocycles. The molecule has 2 aliphatic carbocycles. The molecule has 1 saturated heterocycles. The summed E-state index contributed by atoms with van der Waals surface area (Å²) in [7, 11) is 0. The maximum Gasteiger partial charge on any atom is 0.236 e. The van der Waals surface area contributed by atoms with Crippen molar-refractivity contribution >= 4 is 23.1 Å². The Bertz CT molecular complexity index is 368. The van der Waals surface area contributed by atoms with Crippen LogP contribution >= 0.6 is 12.2 Å². The van der Waals surface area contributed by atoms with E-state index in [0.29, 0.717) is 18.1 Å². The number of carbonyl (C=O) groups is 1. The van der Waals surface area contributed by atoms with Crippen molar-refractivity contribution in [3.05, 3.63) is 0 Å². The summed E-state index contributed by atoms with van der Waals surface area (Å²) in [4.78, 5) is 14.9. The van der Waals surface area contributed by atoms with Gasteiger partial charge in [0.05, 0.1) is 29.2 Å². The number of fused-ring (bicyclic) bond motifs is 1. The van der Waals surface area contributed by atoms with Crippen molar-refractivity contribution < 1.29 is 9.53 Å². The van der Waals surface area contributed by atoms with Crippen molar-refractivity contribution in [3.63, 3.8) is 0 Å². The highest BCUT2D eigenvalue weighted by atomic mass is 32.1. The second kappa shape index (κ2) is 3.92. The predicted octanol–water partition coefficient (Wildman–Crippen LogP) is 0.833. The van der Waals surface area contributed by atoms with E-state index < -0.39 is 5.41 Å². The average molecular weight is 254 g/mol. The monoisotopic (exact) mass is 254 g/mol. The van der Waals surface area contributed by atoms with E-state index in [1.807, 2.05) is 4.90 Å². The smallest absolute Gasteiger partial charge is 0.236 e. The molecule has 3 fully saturated rings. The lowest BCUT2D eigenvalue weighted by Crippen LogP contribution is -2.55. The van der Waals surface area contributed by atoms with E-state index in [9.17, 15) is 4.79 Å². The molecule has 0 spiro atoms. The quantitative estimate of drug-likeness (QED) is 0.742. The molecule has 3 rings (SSSR count). The molecule has 0 bridgehead atoms. The highest BCUT2D eigenvalue weighted by Crippen LogP contribution is 2.48. The summed E-state index contributed by atoms with van der Waals surface area (Å²) in [6.07, 6.45) is 5.19. The zero-order valence-corrected chi connectivity index (χ0v) is 10.7. The lowest BCUT2D eigenvalue weighted by molar-refractivity contribution is -0.147. The van der Waals surface area contributed by atoms with Gasteiger partial charge in [-0.15, -0.1) is 0 Å². The van der Waals surface area contributed by atoms with Crippen LogP contribution < -0.4 is 5.73 Å². The number of hydrogen-bond donors (Lipinski definition) is 1. The number of morpholine rings is 1. The lowest BCUT2D eigenvalue weighted by Gasteiger charge is -2.39. The molecule has 0 aromatic heterocycles. The Morgan fingerprint density at radius 1 is 1.41 bits per heavy atom. The third kappa shape index (κ3) is 1.67. The van der Waals surface area contributed by atoms with E-state index in [1.165, 1.54) is 0 Å². The highest BCUT2D eigenvalue weighted by molar-refractivity contribution is 7.80. The van der Waals surface area contributed by atoms with Crippen molar-refractivity contribution in [1.82, 2.24) is 4.90 Å². The Morgan fingerprint density at radius 2 is 2.18 bits per heavy atom.